The normalized spacial score (nSPS) is 18.9. The van der Waals surface area contributed by atoms with E-state index in [1.54, 1.807) is 0 Å². The van der Waals surface area contributed by atoms with Crippen molar-refractivity contribution < 1.29 is 4.74 Å². The lowest BCUT2D eigenvalue weighted by molar-refractivity contribution is 0.116. The van der Waals surface area contributed by atoms with Crippen LogP contribution in [0.2, 0.25) is 0 Å². The SMILES string of the molecule is Cc1cc(N(C)CC2CCCO2)ccc1C(=N)N. The van der Waals surface area contributed by atoms with Crippen LogP contribution in [0.3, 0.4) is 0 Å². The van der Waals surface area contributed by atoms with E-state index in [1.165, 1.54) is 6.42 Å². The first-order valence-electron chi connectivity index (χ1n) is 6.35. The zero-order valence-electron chi connectivity index (χ0n) is 11.1. The second kappa shape index (κ2) is 5.40. The Labute approximate surface area is 108 Å². The summed E-state index contributed by atoms with van der Waals surface area (Å²) in [5.41, 5.74) is 8.52. The summed E-state index contributed by atoms with van der Waals surface area (Å²) in [5.74, 6) is 0.126. The van der Waals surface area contributed by atoms with Crippen LogP contribution in [-0.2, 0) is 4.74 Å². The minimum Gasteiger partial charge on any atom is -0.384 e. The van der Waals surface area contributed by atoms with Gasteiger partial charge in [-0.25, -0.2) is 0 Å². The van der Waals surface area contributed by atoms with Gasteiger partial charge in [-0.15, -0.1) is 0 Å². The molecule has 18 heavy (non-hydrogen) atoms. The third-order valence-corrected chi connectivity index (χ3v) is 3.44. The highest BCUT2D eigenvalue weighted by molar-refractivity contribution is 5.96. The van der Waals surface area contributed by atoms with Crippen molar-refractivity contribution in [3.05, 3.63) is 29.3 Å². The molecule has 0 bridgehead atoms. The maximum atomic E-state index is 7.48. The Morgan fingerprint density at radius 1 is 1.56 bits per heavy atom. The van der Waals surface area contributed by atoms with Crippen LogP contribution in [0.1, 0.15) is 24.0 Å². The summed E-state index contributed by atoms with van der Waals surface area (Å²) in [6.07, 6.45) is 2.66. The Balaban J connectivity index is 2.08. The largest absolute Gasteiger partial charge is 0.384 e. The molecule has 2 rings (SSSR count). The Morgan fingerprint density at radius 2 is 2.33 bits per heavy atom. The molecule has 0 amide bonds. The Bertz CT molecular complexity index is 439. The van der Waals surface area contributed by atoms with Crippen molar-refractivity contribution in [3.63, 3.8) is 0 Å². The zero-order chi connectivity index (χ0) is 13.1. The van der Waals surface area contributed by atoms with Crippen LogP contribution < -0.4 is 10.6 Å². The van der Waals surface area contributed by atoms with Gasteiger partial charge in [-0.3, -0.25) is 5.41 Å². The van der Waals surface area contributed by atoms with Gasteiger partial charge in [-0.05, 0) is 43.5 Å². The molecule has 1 aromatic rings. The Kier molecular flexibility index (Phi) is 3.87. The fraction of sp³-hybridized carbons (Fsp3) is 0.500. The number of nitrogens with two attached hydrogens (primary N) is 1. The van der Waals surface area contributed by atoms with E-state index >= 15 is 0 Å². The molecule has 0 radical (unpaired) electrons. The Morgan fingerprint density at radius 3 is 2.89 bits per heavy atom. The monoisotopic (exact) mass is 247 g/mol. The maximum Gasteiger partial charge on any atom is 0.123 e. The van der Waals surface area contributed by atoms with Crippen molar-refractivity contribution >= 4 is 11.5 Å². The number of amidine groups is 1. The van der Waals surface area contributed by atoms with Crippen molar-refractivity contribution in [2.24, 2.45) is 5.73 Å². The highest BCUT2D eigenvalue weighted by atomic mass is 16.5. The van der Waals surface area contributed by atoms with Crippen LogP contribution in [0.5, 0.6) is 0 Å². The average molecular weight is 247 g/mol. The molecular formula is C14H21N3O. The van der Waals surface area contributed by atoms with Gasteiger partial charge in [0, 0.05) is 31.5 Å². The van der Waals surface area contributed by atoms with Crippen molar-refractivity contribution in [3.8, 4) is 0 Å². The number of nitrogens with zero attached hydrogens (tertiary/aromatic N) is 1. The van der Waals surface area contributed by atoms with E-state index in [0.717, 1.165) is 36.4 Å². The van der Waals surface area contributed by atoms with Crippen molar-refractivity contribution in [1.29, 1.82) is 5.41 Å². The minimum atomic E-state index is 0.126. The van der Waals surface area contributed by atoms with Crippen LogP contribution in [0.4, 0.5) is 5.69 Å². The lowest BCUT2D eigenvalue weighted by Gasteiger charge is -2.23. The van der Waals surface area contributed by atoms with E-state index in [0.29, 0.717) is 6.10 Å². The van der Waals surface area contributed by atoms with Gasteiger partial charge in [0.25, 0.3) is 0 Å². The summed E-state index contributed by atoms with van der Waals surface area (Å²) in [4.78, 5) is 2.20. The third-order valence-electron chi connectivity index (χ3n) is 3.44. The van der Waals surface area contributed by atoms with Gasteiger partial charge in [0.05, 0.1) is 6.10 Å². The van der Waals surface area contributed by atoms with E-state index in [1.807, 2.05) is 19.1 Å². The molecule has 1 aliphatic heterocycles. The third kappa shape index (κ3) is 2.82. The van der Waals surface area contributed by atoms with E-state index in [-0.39, 0.29) is 5.84 Å². The van der Waals surface area contributed by atoms with Crippen LogP contribution in [0.15, 0.2) is 18.2 Å². The molecular weight excluding hydrogens is 226 g/mol. The number of nitrogen functional groups attached to an aromatic ring is 1. The highest BCUT2D eigenvalue weighted by Crippen LogP contribution is 2.20. The first-order chi connectivity index (χ1) is 8.58. The minimum absolute atomic E-state index is 0.126. The smallest absolute Gasteiger partial charge is 0.123 e. The number of benzene rings is 1. The number of rotatable bonds is 4. The molecule has 0 saturated carbocycles. The van der Waals surface area contributed by atoms with Crippen molar-refractivity contribution in [1.82, 2.24) is 0 Å². The summed E-state index contributed by atoms with van der Waals surface area (Å²) in [5, 5.41) is 7.48. The topological polar surface area (TPSA) is 62.3 Å². The second-order valence-electron chi connectivity index (χ2n) is 4.93. The molecule has 4 heteroatoms. The molecule has 0 aromatic heterocycles. The zero-order valence-corrected chi connectivity index (χ0v) is 11.1. The number of hydrogen-bond acceptors (Lipinski definition) is 3. The van der Waals surface area contributed by atoms with Crippen molar-refractivity contribution in [2.75, 3.05) is 25.1 Å². The number of aryl methyl sites for hydroxylation is 1. The first-order valence-corrected chi connectivity index (χ1v) is 6.35. The van der Waals surface area contributed by atoms with Crippen LogP contribution in [0.25, 0.3) is 0 Å². The fourth-order valence-corrected chi connectivity index (χ4v) is 2.39. The van der Waals surface area contributed by atoms with E-state index < -0.39 is 0 Å². The van der Waals surface area contributed by atoms with E-state index in [4.69, 9.17) is 15.9 Å². The lowest BCUT2D eigenvalue weighted by Crippen LogP contribution is -2.28. The van der Waals surface area contributed by atoms with Crippen LogP contribution in [0, 0.1) is 12.3 Å². The Hall–Kier alpha value is -1.55. The average Bonchev–Trinajstić information content (AvgIpc) is 2.81. The van der Waals surface area contributed by atoms with Gasteiger partial charge in [-0.1, -0.05) is 0 Å². The van der Waals surface area contributed by atoms with Crippen molar-refractivity contribution in [2.45, 2.75) is 25.9 Å². The predicted molar refractivity (Wildman–Crippen MR) is 74.4 cm³/mol. The van der Waals surface area contributed by atoms with Crippen LogP contribution in [-0.4, -0.2) is 32.1 Å². The molecule has 1 atom stereocenters. The highest BCUT2D eigenvalue weighted by Gasteiger charge is 2.17. The summed E-state index contributed by atoms with van der Waals surface area (Å²) >= 11 is 0. The van der Waals surface area contributed by atoms with Gasteiger partial charge in [0.2, 0.25) is 0 Å². The molecule has 0 spiro atoms. The van der Waals surface area contributed by atoms with Gasteiger partial charge < -0.3 is 15.4 Å². The number of likely N-dealkylation sites (N-methyl/N-ethyl adjacent to an activating group) is 1. The van der Waals surface area contributed by atoms with E-state index in [2.05, 4.69) is 18.0 Å². The first kappa shape index (κ1) is 12.9. The predicted octanol–water partition coefficient (Wildman–Crippen LogP) is 1.89. The molecule has 1 aliphatic rings. The quantitative estimate of drug-likeness (QED) is 0.631. The number of nitrogens with one attached hydrogen (secondary N) is 1. The maximum absolute atomic E-state index is 7.48. The van der Waals surface area contributed by atoms with Gasteiger partial charge in [0.1, 0.15) is 5.84 Å². The summed E-state index contributed by atoms with van der Waals surface area (Å²) in [6, 6.07) is 6.00. The summed E-state index contributed by atoms with van der Waals surface area (Å²) in [7, 11) is 2.07. The van der Waals surface area contributed by atoms with E-state index in [9.17, 15) is 0 Å². The second-order valence-corrected chi connectivity index (χ2v) is 4.93. The molecule has 98 valence electrons. The molecule has 3 N–H and O–H groups in total. The number of hydrogen-bond donors (Lipinski definition) is 2. The molecule has 1 unspecified atom stereocenters. The molecule has 1 fully saturated rings. The molecule has 1 heterocycles. The summed E-state index contributed by atoms with van der Waals surface area (Å²) < 4.78 is 5.64. The molecule has 1 aromatic carbocycles. The van der Waals surface area contributed by atoms with Gasteiger partial charge >= 0.3 is 0 Å². The lowest BCUT2D eigenvalue weighted by atomic mass is 10.1. The summed E-state index contributed by atoms with van der Waals surface area (Å²) in [6.45, 7) is 3.79. The molecule has 4 nitrogen and oxygen atoms in total. The fourth-order valence-electron chi connectivity index (χ4n) is 2.39. The van der Waals surface area contributed by atoms with Gasteiger partial charge in [0.15, 0.2) is 0 Å². The number of ether oxygens (including phenoxy) is 1. The van der Waals surface area contributed by atoms with Crippen LogP contribution >= 0.6 is 0 Å². The molecule has 0 aliphatic carbocycles. The number of anilines is 1. The molecule has 1 saturated heterocycles. The standard InChI is InChI=1S/C14H21N3O/c1-10-8-11(5-6-13(10)14(15)16)17(2)9-12-4-3-7-18-12/h5-6,8,12H,3-4,7,9H2,1-2H3,(H3,15,16). The van der Waals surface area contributed by atoms with Gasteiger partial charge in [-0.2, -0.15) is 0 Å².